The molecule has 1 aromatic carbocycles. The number of anilines is 1. The lowest BCUT2D eigenvalue weighted by Gasteiger charge is -2.38. The van der Waals surface area contributed by atoms with Gasteiger partial charge in [0.2, 0.25) is 0 Å². The molecule has 128 valence electrons. The number of carboxylic acids is 1. The molecule has 3 rings (SSSR count). The summed E-state index contributed by atoms with van der Waals surface area (Å²) in [5.41, 5.74) is -0.219. The quantitative estimate of drug-likeness (QED) is 0.878. The first-order valence-electron chi connectivity index (χ1n) is 7.90. The maximum absolute atomic E-state index is 11.8. The SMILES string of the molecule is CCC1(O)CCCN(c2noc(-c3ccc(Cl)cc3)c2C(=O)O)C1. The summed E-state index contributed by atoms with van der Waals surface area (Å²) in [6.45, 7) is 2.90. The summed E-state index contributed by atoms with van der Waals surface area (Å²) in [6.07, 6.45) is 2.07. The maximum atomic E-state index is 11.8. The van der Waals surface area contributed by atoms with Crippen molar-refractivity contribution in [2.75, 3.05) is 18.0 Å². The number of carboxylic acid groups (broad SMARTS) is 1. The molecule has 0 amide bonds. The van der Waals surface area contributed by atoms with Crippen molar-refractivity contribution in [2.24, 2.45) is 0 Å². The number of hydrogen-bond acceptors (Lipinski definition) is 5. The fourth-order valence-electron chi connectivity index (χ4n) is 3.07. The second-order valence-corrected chi connectivity index (χ2v) is 6.56. The number of halogens is 1. The van der Waals surface area contributed by atoms with Crippen LogP contribution in [0.25, 0.3) is 11.3 Å². The van der Waals surface area contributed by atoms with E-state index in [4.69, 9.17) is 16.1 Å². The van der Waals surface area contributed by atoms with Crippen LogP contribution in [-0.2, 0) is 0 Å². The molecule has 2 aromatic rings. The van der Waals surface area contributed by atoms with Crippen LogP contribution in [0.5, 0.6) is 0 Å². The molecule has 2 N–H and O–H groups in total. The number of aliphatic hydroxyl groups is 1. The molecule has 1 atom stereocenters. The normalized spacial score (nSPS) is 21.0. The molecule has 0 bridgehead atoms. The Bertz CT molecular complexity index is 744. The molecule has 2 heterocycles. The Morgan fingerprint density at radius 3 is 2.75 bits per heavy atom. The van der Waals surface area contributed by atoms with Crippen LogP contribution < -0.4 is 4.90 Å². The number of carbonyl (C=O) groups is 1. The van der Waals surface area contributed by atoms with Gasteiger partial charge in [0.1, 0.15) is 0 Å². The molecule has 0 radical (unpaired) electrons. The molecule has 0 saturated carbocycles. The summed E-state index contributed by atoms with van der Waals surface area (Å²) in [5.74, 6) is -0.652. The Morgan fingerprint density at radius 2 is 2.12 bits per heavy atom. The van der Waals surface area contributed by atoms with Gasteiger partial charge in [0, 0.05) is 23.7 Å². The molecule has 1 unspecified atom stereocenters. The number of benzene rings is 1. The first-order valence-corrected chi connectivity index (χ1v) is 8.27. The molecule has 1 saturated heterocycles. The van der Waals surface area contributed by atoms with E-state index in [1.54, 1.807) is 29.2 Å². The number of piperidine rings is 1. The molecule has 0 aliphatic carbocycles. The van der Waals surface area contributed by atoms with E-state index in [2.05, 4.69) is 5.16 Å². The third-order valence-corrected chi connectivity index (χ3v) is 4.76. The first kappa shape index (κ1) is 16.8. The van der Waals surface area contributed by atoms with Gasteiger partial charge in [-0.1, -0.05) is 23.7 Å². The average molecular weight is 351 g/mol. The van der Waals surface area contributed by atoms with Crippen LogP contribution in [0.1, 0.15) is 36.5 Å². The Kier molecular flexibility index (Phi) is 4.51. The number of hydrogen-bond donors (Lipinski definition) is 2. The van der Waals surface area contributed by atoms with E-state index in [-0.39, 0.29) is 17.1 Å². The van der Waals surface area contributed by atoms with Gasteiger partial charge in [0.05, 0.1) is 5.60 Å². The minimum atomic E-state index is -1.11. The number of nitrogens with zero attached hydrogens (tertiary/aromatic N) is 2. The molecule has 1 fully saturated rings. The van der Waals surface area contributed by atoms with Gasteiger partial charge in [0.25, 0.3) is 0 Å². The van der Waals surface area contributed by atoms with Crippen molar-refractivity contribution < 1.29 is 19.5 Å². The first-order chi connectivity index (χ1) is 11.4. The van der Waals surface area contributed by atoms with Gasteiger partial charge in [-0.25, -0.2) is 4.79 Å². The smallest absolute Gasteiger partial charge is 0.343 e. The minimum absolute atomic E-state index is 0.0117. The Hall–Kier alpha value is -2.05. The van der Waals surface area contributed by atoms with Crippen molar-refractivity contribution in [3.05, 3.63) is 34.9 Å². The number of aromatic nitrogens is 1. The van der Waals surface area contributed by atoms with Crippen molar-refractivity contribution >= 4 is 23.4 Å². The molecular formula is C17H19ClN2O4. The monoisotopic (exact) mass is 350 g/mol. The lowest BCUT2D eigenvalue weighted by atomic mass is 9.90. The van der Waals surface area contributed by atoms with Gasteiger partial charge in [0.15, 0.2) is 17.1 Å². The summed E-state index contributed by atoms with van der Waals surface area (Å²) in [4.78, 5) is 13.6. The molecule has 7 heteroatoms. The Morgan fingerprint density at radius 1 is 1.42 bits per heavy atom. The van der Waals surface area contributed by atoms with Crippen molar-refractivity contribution in [2.45, 2.75) is 31.8 Å². The average Bonchev–Trinajstić information content (AvgIpc) is 3.01. The van der Waals surface area contributed by atoms with Gasteiger partial charge >= 0.3 is 5.97 Å². The Labute approximate surface area is 144 Å². The van der Waals surface area contributed by atoms with Gasteiger partial charge in [-0.05, 0) is 43.5 Å². The predicted octanol–water partition coefficient (Wildman–Crippen LogP) is 3.43. The Balaban J connectivity index is 2.00. The standard InChI is InChI=1S/C17H19ClN2O4/c1-2-17(23)8-3-9-20(10-17)15-13(16(21)22)14(24-19-15)11-4-6-12(18)7-5-11/h4-7,23H,2-3,8-10H2,1H3,(H,21,22). The third-order valence-electron chi connectivity index (χ3n) is 4.51. The van der Waals surface area contributed by atoms with Crippen LogP contribution in [0.15, 0.2) is 28.8 Å². The summed E-state index contributed by atoms with van der Waals surface area (Å²) >= 11 is 5.88. The molecule has 1 aliphatic heterocycles. The van der Waals surface area contributed by atoms with Crippen LogP contribution in [0.3, 0.4) is 0 Å². The lowest BCUT2D eigenvalue weighted by Crippen LogP contribution is -2.48. The molecule has 1 aromatic heterocycles. The number of β-amino-alcohol motifs (C(OH)–C–C–N with tert-alkyl or cyclic N) is 1. The van der Waals surface area contributed by atoms with Crippen LogP contribution in [0.2, 0.25) is 5.02 Å². The largest absolute Gasteiger partial charge is 0.477 e. The lowest BCUT2D eigenvalue weighted by molar-refractivity contribution is 0.0218. The molecule has 24 heavy (non-hydrogen) atoms. The number of rotatable bonds is 4. The summed E-state index contributed by atoms with van der Waals surface area (Å²) in [7, 11) is 0. The zero-order valence-electron chi connectivity index (χ0n) is 13.3. The topological polar surface area (TPSA) is 86.8 Å². The van der Waals surface area contributed by atoms with E-state index < -0.39 is 11.6 Å². The van der Waals surface area contributed by atoms with Crippen molar-refractivity contribution in [1.29, 1.82) is 0 Å². The molecule has 1 aliphatic rings. The summed E-state index contributed by atoms with van der Waals surface area (Å²) < 4.78 is 5.34. The molecular weight excluding hydrogens is 332 g/mol. The minimum Gasteiger partial charge on any atom is -0.477 e. The highest BCUT2D eigenvalue weighted by Gasteiger charge is 2.36. The number of aromatic carboxylic acids is 1. The highest BCUT2D eigenvalue weighted by molar-refractivity contribution is 6.30. The van der Waals surface area contributed by atoms with E-state index in [0.29, 0.717) is 36.5 Å². The van der Waals surface area contributed by atoms with Gasteiger partial charge in [-0.15, -0.1) is 0 Å². The highest BCUT2D eigenvalue weighted by atomic mass is 35.5. The van der Waals surface area contributed by atoms with E-state index in [9.17, 15) is 15.0 Å². The van der Waals surface area contributed by atoms with E-state index in [1.807, 2.05) is 6.92 Å². The van der Waals surface area contributed by atoms with Crippen molar-refractivity contribution in [1.82, 2.24) is 5.16 Å². The van der Waals surface area contributed by atoms with Gasteiger partial charge in [-0.3, -0.25) is 0 Å². The zero-order chi connectivity index (χ0) is 17.3. The van der Waals surface area contributed by atoms with Crippen LogP contribution in [-0.4, -0.2) is 40.0 Å². The fourth-order valence-corrected chi connectivity index (χ4v) is 3.20. The van der Waals surface area contributed by atoms with Crippen molar-refractivity contribution in [3.8, 4) is 11.3 Å². The molecule has 6 nitrogen and oxygen atoms in total. The second-order valence-electron chi connectivity index (χ2n) is 6.13. The maximum Gasteiger partial charge on any atom is 0.343 e. The van der Waals surface area contributed by atoms with E-state index in [1.165, 1.54) is 0 Å². The summed E-state index contributed by atoms with van der Waals surface area (Å²) in [5, 5.41) is 24.7. The van der Waals surface area contributed by atoms with Crippen LogP contribution >= 0.6 is 11.6 Å². The summed E-state index contributed by atoms with van der Waals surface area (Å²) in [6, 6.07) is 6.72. The van der Waals surface area contributed by atoms with Crippen LogP contribution in [0, 0.1) is 0 Å². The zero-order valence-corrected chi connectivity index (χ0v) is 14.1. The van der Waals surface area contributed by atoms with E-state index in [0.717, 1.165) is 6.42 Å². The highest BCUT2D eigenvalue weighted by Crippen LogP contribution is 2.35. The molecule has 0 spiro atoms. The van der Waals surface area contributed by atoms with E-state index >= 15 is 0 Å². The fraction of sp³-hybridized carbons (Fsp3) is 0.412. The van der Waals surface area contributed by atoms with Gasteiger partial charge in [-0.2, -0.15) is 0 Å². The van der Waals surface area contributed by atoms with Crippen LogP contribution in [0.4, 0.5) is 5.82 Å². The van der Waals surface area contributed by atoms with Crippen molar-refractivity contribution in [3.63, 3.8) is 0 Å². The van der Waals surface area contributed by atoms with Gasteiger partial charge < -0.3 is 19.6 Å². The second kappa shape index (κ2) is 6.45. The third kappa shape index (κ3) is 3.12. The predicted molar refractivity (Wildman–Crippen MR) is 90.6 cm³/mol.